The minimum Gasteiger partial charge on any atom is -0.441 e. The normalized spacial score (nSPS) is 15.1. The van der Waals surface area contributed by atoms with Gasteiger partial charge >= 0.3 is 5.91 Å². The van der Waals surface area contributed by atoms with Crippen LogP contribution in [0.2, 0.25) is 0 Å². The maximum Gasteiger partial charge on any atom is 0.309 e. The van der Waals surface area contributed by atoms with Crippen molar-refractivity contribution in [1.29, 1.82) is 0 Å². The summed E-state index contributed by atoms with van der Waals surface area (Å²) in [4.78, 5) is 18.1. The van der Waals surface area contributed by atoms with Gasteiger partial charge in [-0.15, -0.1) is 0 Å². The van der Waals surface area contributed by atoms with E-state index in [1.165, 1.54) is 6.26 Å². The van der Waals surface area contributed by atoms with Gasteiger partial charge in [0.1, 0.15) is 6.26 Å². The van der Waals surface area contributed by atoms with Crippen LogP contribution in [-0.2, 0) is 0 Å². The molecule has 0 unspecified atom stereocenters. The summed E-state index contributed by atoms with van der Waals surface area (Å²) in [5.74, 6) is 0.185. The Morgan fingerprint density at radius 1 is 1.62 bits per heavy atom. The molecule has 1 heterocycles. The van der Waals surface area contributed by atoms with E-state index in [4.69, 9.17) is 4.42 Å². The topological polar surface area (TPSA) is 46.3 Å². The van der Waals surface area contributed by atoms with E-state index in [1.54, 1.807) is 0 Å². The first-order valence-electron chi connectivity index (χ1n) is 5.95. The minimum atomic E-state index is -0.0518. The number of carbonyl (C=O) groups excluding carboxylic acids is 1. The van der Waals surface area contributed by atoms with Crippen LogP contribution in [0.1, 0.15) is 49.0 Å². The lowest BCUT2D eigenvalue weighted by atomic mass is 10.3. The van der Waals surface area contributed by atoms with Gasteiger partial charge in [0.15, 0.2) is 0 Å². The molecule has 0 saturated heterocycles. The van der Waals surface area contributed by atoms with Gasteiger partial charge in [0.05, 0.1) is 5.69 Å². The summed E-state index contributed by atoms with van der Waals surface area (Å²) in [6.07, 6.45) is 5.91. The van der Waals surface area contributed by atoms with Crippen molar-refractivity contribution in [3.05, 3.63) is 17.8 Å². The fraction of sp³-hybridized carbons (Fsp3) is 0.667. The molecule has 0 atom stereocenters. The van der Waals surface area contributed by atoms with Crippen LogP contribution >= 0.6 is 0 Å². The lowest BCUT2D eigenvalue weighted by Gasteiger charge is -2.20. The lowest BCUT2D eigenvalue weighted by molar-refractivity contribution is 0.0700. The first kappa shape index (κ1) is 11.2. The number of hydrogen-bond acceptors (Lipinski definition) is 3. The van der Waals surface area contributed by atoms with E-state index in [2.05, 4.69) is 11.9 Å². The van der Waals surface area contributed by atoms with E-state index in [0.717, 1.165) is 37.9 Å². The van der Waals surface area contributed by atoms with E-state index in [0.29, 0.717) is 6.04 Å². The Balaban J connectivity index is 2.04. The number of aryl methyl sites for hydroxylation is 1. The predicted octanol–water partition coefficient (Wildman–Crippen LogP) is 2.39. The third kappa shape index (κ3) is 2.43. The van der Waals surface area contributed by atoms with Crippen molar-refractivity contribution < 1.29 is 9.21 Å². The van der Waals surface area contributed by atoms with E-state index < -0.39 is 0 Å². The predicted molar refractivity (Wildman–Crippen MR) is 60.2 cm³/mol. The van der Waals surface area contributed by atoms with Crippen LogP contribution in [0, 0.1) is 6.92 Å². The highest BCUT2D eigenvalue weighted by atomic mass is 16.4. The Bertz CT molecular complexity index is 369. The Morgan fingerprint density at radius 3 is 2.88 bits per heavy atom. The highest BCUT2D eigenvalue weighted by Crippen LogP contribution is 2.28. The van der Waals surface area contributed by atoms with Gasteiger partial charge in [-0.3, -0.25) is 4.79 Å². The highest BCUT2D eigenvalue weighted by molar-refractivity contribution is 5.90. The maximum atomic E-state index is 12.1. The average Bonchev–Trinajstić information content (AvgIpc) is 3.01. The molecular formula is C12H18N2O2. The van der Waals surface area contributed by atoms with E-state index in [-0.39, 0.29) is 11.8 Å². The molecular weight excluding hydrogens is 204 g/mol. The van der Waals surface area contributed by atoms with Gasteiger partial charge in [-0.25, -0.2) is 4.98 Å². The van der Waals surface area contributed by atoms with Crippen molar-refractivity contribution >= 4 is 5.91 Å². The van der Waals surface area contributed by atoms with Crippen molar-refractivity contribution in [2.75, 3.05) is 6.54 Å². The Morgan fingerprint density at radius 2 is 2.38 bits per heavy atom. The molecule has 1 fully saturated rings. The van der Waals surface area contributed by atoms with Gasteiger partial charge in [0, 0.05) is 12.6 Å². The van der Waals surface area contributed by atoms with Crippen LogP contribution < -0.4 is 0 Å². The smallest absolute Gasteiger partial charge is 0.309 e. The fourth-order valence-electron chi connectivity index (χ4n) is 1.74. The molecule has 0 aliphatic heterocycles. The van der Waals surface area contributed by atoms with Crippen molar-refractivity contribution in [3.8, 4) is 0 Å². The number of oxazole rings is 1. The quantitative estimate of drug-likeness (QED) is 0.768. The van der Waals surface area contributed by atoms with Gasteiger partial charge in [-0.05, 0) is 26.2 Å². The number of nitrogens with zero attached hydrogens (tertiary/aromatic N) is 2. The molecule has 0 aromatic carbocycles. The number of rotatable bonds is 5. The standard InChI is InChI=1S/C12H18N2O2/c1-3-4-7-14(10-5-6-10)12(15)11-13-9(2)8-16-11/h8,10H,3-7H2,1-2H3. The Hall–Kier alpha value is -1.32. The number of unbranched alkanes of at least 4 members (excludes halogenated alkanes) is 1. The molecule has 1 aliphatic rings. The summed E-state index contributed by atoms with van der Waals surface area (Å²) in [5, 5.41) is 0. The van der Waals surface area contributed by atoms with Crippen LogP contribution in [0.4, 0.5) is 0 Å². The summed E-state index contributed by atoms with van der Waals surface area (Å²) < 4.78 is 5.16. The van der Waals surface area contributed by atoms with Gasteiger partial charge in [-0.1, -0.05) is 13.3 Å². The zero-order chi connectivity index (χ0) is 11.5. The summed E-state index contributed by atoms with van der Waals surface area (Å²) in [5.41, 5.74) is 0.759. The van der Waals surface area contributed by atoms with Crippen LogP contribution in [0.5, 0.6) is 0 Å². The van der Waals surface area contributed by atoms with E-state index in [1.807, 2.05) is 11.8 Å². The molecule has 0 spiro atoms. The molecule has 0 bridgehead atoms. The van der Waals surface area contributed by atoms with Crippen LogP contribution in [0.3, 0.4) is 0 Å². The molecule has 1 amide bonds. The molecule has 88 valence electrons. The van der Waals surface area contributed by atoms with Crippen LogP contribution in [0.15, 0.2) is 10.7 Å². The third-order valence-electron chi connectivity index (χ3n) is 2.80. The molecule has 2 rings (SSSR count). The van der Waals surface area contributed by atoms with Crippen molar-refractivity contribution in [1.82, 2.24) is 9.88 Å². The number of carbonyl (C=O) groups is 1. The van der Waals surface area contributed by atoms with E-state index in [9.17, 15) is 4.79 Å². The second-order valence-corrected chi connectivity index (χ2v) is 4.38. The minimum absolute atomic E-state index is 0.0518. The maximum absolute atomic E-state index is 12.1. The fourth-order valence-corrected chi connectivity index (χ4v) is 1.74. The largest absolute Gasteiger partial charge is 0.441 e. The van der Waals surface area contributed by atoms with E-state index >= 15 is 0 Å². The molecule has 1 aromatic heterocycles. The third-order valence-corrected chi connectivity index (χ3v) is 2.80. The summed E-state index contributed by atoms with van der Waals surface area (Å²) in [7, 11) is 0. The summed E-state index contributed by atoms with van der Waals surface area (Å²) in [6.45, 7) is 4.78. The second kappa shape index (κ2) is 4.68. The average molecular weight is 222 g/mol. The molecule has 0 radical (unpaired) electrons. The summed E-state index contributed by atoms with van der Waals surface area (Å²) >= 11 is 0. The zero-order valence-corrected chi connectivity index (χ0v) is 9.90. The Kier molecular flexibility index (Phi) is 3.27. The number of amides is 1. The zero-order valence-electron chi connectivity index (χ0n) is 9.90. The molecule has 4 heteroatoms. The molecule has 1 aliphatic carbocycles. The van der Waals surface area contributed by atoms with Gasteiger partial charge in [0.25, 0.3) is 5.89 Å². The summed E-state index contributed by atoms with van der Waals surface area (Å²) in [6, 6.07) is 0.422. The second-order valence-electron chi connectivity index (χ2n) is 4.38. The number of aromatic nitrogens is 1. The van der Waals surface area contributed by atoms with Crippen molar-refractivity contribution in [3.63, 3.8) is 0 Å². The molecule has 16 heavy (non-hydrogen) atoms. The molecule has 1 saturated carbocycles. The first-order valence-corrected chi connectivity index (χ1v) is 5.95. The first-order chi connectivity index (χ1) is 7.72. The van der Waals surface area contributed by atoms with Crippen LogP contribution in [0.25, 0.3) is 0 Å². The molecule has 1 aromatic rings. The van der Waals surface area contributed by atoms with Gasteiger partial charge in [0.2, 0.25) is 0 Å². The van der Waals surface area contributed by atoms with Crippen LogP contribution in [-0.4, -0.2) is 28.4 Å². The van der Waals surface area contributed by atoms with Gasteiger partial charge in [-0.2, -0.15) is 0 Å². The SMILES string of the molecule is CCCCN(C(=O)c1nc(C)co1)C1CC1. The lowest BCUT2D eigenvalue weighted by Crippen LogP contribution is -2.34. The monoisotopic (exact) mass is 222 g/mol. The molecule has 4 nitrogen and oxygen atoms in total. The molecule has 0 N–H and O–H groups in total. The van der Waals surface area contributed by atoms with Crippen molar-refractivity contribution in [2.45, 2.75) is 45.6 Å². The van der Waals surface area contributed by atoms with Gasteiger partial charge < -0.3 is 9.32 Å². The number of hydrogen-bond donors (Lipinski definition) is 0. The highest BCUT2D eigenvalue weighted by Gasteiger charge is 2.34. The Labute approximate surface area is 95.6 Å². The van der Waals surface area contributed by atoms with Crippen molar-refractivity contribution in [2.24, 2.45) is 0 Å².